The monoisotopic (exact) mass is 244 g/mol. The fourth-order valence-corrected chi connectivity index (χ4v) is 2.15. The van der Waals surface area contributed by atoms with E-state index in [1.807, 2.05) is 23.7 Å². The Labute approximate surface area is 107 Å². The minimum Gasteiger partial charge on any atom is -0.268 e. The van der Waals surface area contributed by atoms with E-state index in [1.165, 1.54) is 5.56 Å². The zero-order valence-corrected chi connectivity index (χ0v) is 11.4. The predicted molar refractivity (Wildman–Crippen MR) is 74.4 cm³/mol. The van der Waals surface area contributed by atoms with Gasteiger partial charge in [0, 0.05) is 11.3 Å². The van der Waals surface area contributed by atoms with Crippen molar-refractivity contribution in [3.8, 4) is 5.69 Å². The molecule has 2 rings (SSSR count). The third-order valence-electron chi connectivity index (χ3n) is 3.16. The van der Waals surface area contributed by atoms with Gasteiger partial charge in [-0.3, -0.25) is 14.6 Å². The summed E-state index contributed by atoms with van der Waals surface area (Å²) < 4.78 is 1.87. The van der Waals surface area contributed by atoms with Crippen LogP contribution in [0.1, 0.15) is 30.7 Å². The Morgan fingerprint density at radius 2 is 1.78 bits per heavy atom. The van der Waals surface area contributed by atoms with E-state index in [0.717, 1.165) is 23.4 Å². The van der Waals surface area contributed by atoms with E-state index in [1.54, 1.807) is 0 Å². The van der Waals surface area contributed by atoms with Crippen LogP contribution in [0.5, 0.6) is 0 Å². The first kappa shape index (κ1) is 12.7. The van der Waals surface area contributed by atoms with Crippen LogP contribution in [-0.2, 0) is 6.42 Å². The number of benzene rings is 1. The van der Waals surface area contributed by atoms with Crippen LogP contribution < -0.4 is 5.56 Å². The second-order valence-electron chi connectivity index (χ2n) is 5.27. The van der Waals surface area contributed by atoms with Gasteiger partial charge in [-0.2, -0.15) is 0 Å². The molecule has 0 fully saturated rings. The highest BCUT2D eigenvalue weighted by atomic mass is 16.1. The third kappa shape index (κ3) is 2.40. The number of aromatic amines is 1. The molecule has 0 atom stereocenters. The van der Waals surface area contributed by atoms with Crippen molar-refractivity contribution in [3.63, 3.8) is 0 Å². The molecule has 0 bridgehead atoms. The maximum atomic E-state index is 12.0. The van der Waals surface area contributed by atoms with Gasteiger partial charge in [0.05, 0.1) is 5.69 Å². The van der Waals surface area contributed by atoms with Gasteiger partial charge < -0.3 is 0 Å². The number of hydrogen-bond acceptors (Lipinski definition) is 1. The molecule has 1 aromatic carbocycles. The van der Waals surface area contributed by atoms with E-state index in [9.17, 15) is 4.79 Å². The number of nitrogens with zero attached hydrogens (tertiary/aromatic N) is 1. The second kappa shape index (κ2) is 4.84. The highest BCUT2D eigenvalue weighted by Crippen LogP contribution is 2.14. The van der Waals surface area contributed by atoms with E-state index < -0.39 is 0 Å². The van der Waals surface area contributed by atoms with Crippen molar-refractivity contribution in [3.05, 3.63) is 51.4 Å². The van der Waals surface area contributed by atoms with Gasteiger partial charge in [0.1, 0.15) is 0 Å². The SMILES string of the molecule is Cc1ccc(-n2[nH]c(=O)c(CC(C)C)c2C)cc1. The second-order valence-corrected chi connectivity index (χ2v) is 5.27. The molecule has 0 aliphatic rings. The Bertz CT molecular complexity index is 588. The molecule has 2 aromatic rings. The average molecular weight is 244 g/mol. The fourth-order valence-electron chi connectivity index (χ4n) is 2.15. The van der Waals surface area contributed by atoms with Crippen LogP contribution in [0, 0.1) is 19.8 Å². The predicted octanol–water partition coefficient (Wildman–Crippen LogP) is 2.98. The van der Waals surface area contributed by atoms with Crippen molar-refractivity contribution in [1.29, 1.82) is 0 Å². The maximum absolute atomic E-state index is 12.0. The molecule has 0 spiro atoms. The molecule has 18 heavy (non-hydrogen) atoms. The van der Waals surface area contributed by atoms with Crippen molar-refractivity contribution >= 4 is 0 Å². The van der Waals surface area contributed by atoms with Gasteiger partial charge >= 0.3 is 0 Å². The largest absolute Gasteiger partial charge is 0.268 e. The molecule has 0 radical (unpaired) electrons. The summed E-state index contributed by atoms with van der Waals surface area (Å²) in [7, 11) is 0. The zero-order chi connectivity index (χ0) is 13.3. The number of hydrogen-bond donors (Lipinski definition) is 1. The van der Waals surface area contributed by atoms with E-state index in [2.05, 4.69) is 38.0 Å². The standard InChI is InChI=1S/C15H20N2O/c1-10(2)9-14-12(4)17(16-15(14)18)13-7-5-11(3)6-8-13/h5-8,10H,9H2,1-4H3,(H,16,18). The van der Waals surface area contributed by atoms with Crippen LogP contribution in [0.3, 0.4) is 0 Å². The molecule has 96 valence electrons. The average Bonchev–Trinajstić information content (AvgIpc) is 2.58. The molecule has 0 amide bonds. The van der Waals surface area contributed by atoms with E-state index >= 15 is 0 Å². The van der Waals surface area contributed by atoms with Crippen LogP contribution in [-0.4, -0.2) is 9.78 Å². The van der Waals surface area contributed by atoms with E-state index in [4.69, 9.17) is 0 Å². The van der Waals surface area contributed by atoms with Crippen molar-refractivity contribution in [2.75, 3.05) is 0 Å². The lowest BCUT2D eigenvalue weighted by molar-refractivity contribution is 0.642. The highest BCUT2D eigenvalue weighted by molar-refractivity contribution is 5.36. The Balaban J connectivity index is 2.47. The molecule has 1 aromatic heterocycles. The van der Waals surface area contributed by atoms with Crippen molar-refractivity contribution < 1.29 is 0 Å². The van der Waals surface area contributed by atoms with Gasteiger partial charge in [-0.05, 0) is 38.3 Å². The molecule has 3 heteroatoms. The van der Waals surface area contributed by atoms with Crippen LogP contribution in [0.2, 0.25) is 0 Å². The van der Waals surface area contributed by atoms with Crippen molar-refractivity contribution in [1.82, 2.24) is 9.78 Å². The molecule has 0 saturated carbocycles. The van der Waals surface area contributed by atoms with Gasteiger partial charge in [0.25, 0.3) is 5.56 Å². The lowest BCUT2D eigenvalue weighted by atomic mass is 10.0. The smallest absolute Gasteiger partial charge is 0.267 e. The summed E-state index contributed by atoms with van der Waals surface area (Å²) in [5.74, 6) is 0.485. The van der Waals surface area contributed by atoms with Crippen LogP contribution in [0.25, 0.3) is 5.69 Å². The number of H-pyrrole nitrogens is 1. The molecule has 3 nitrogen and oxygen atoms in total. The van der Waals surface area contributed by atoms with Crippen LogP contribution in [0.4, 0.5) is 0 Å². The van der Waals surface area contributed by atoms with Crippen molar-refractivity contribution in [2.45, 2.75) is 34.1 Å². The van der Waals surface area contributed by atoms with Crippen LogP contribution in [0.15, 0.2) is 29.1 Å². The Kier molecular flexibility index (Phi) is 3.41. The summed E-state index contributed by atoms with van der Waals surface area (Å²) in [6.45, 7) is 8.30. The lowest BCUT2D eigenvalue weighted by Crippen LogP contribution is -2.09. The van der Waals surface area contributed by atoms with E-state index in [-0.39, 0.29) is 5.56 Å². The number of aromatic nitrogens is 2. The molecular formula is C15H20N2O. The summed E-state index contributed by atoms with van der Waals surface area (Å²) >= 11 is 0. The number of aryl methyl sites for hydroxylation is 1. The number of rotatable bonds is 3. The first-order chi connectivity index (χ1) is 8.49. The molecule has 0 aliphatic heterocycles. The summed E-state index contributed by atoms with van der Waals surface area (Å²) in [6.07, 6.45) is 0.819. The van der Waals surface area contributed by atoms with Crippen molar-refractivity contribution in [2.24, 2.45) is 5.92 Å². The quantitative estimate of drug-likeness (QED) is 0.885. The molecule has 1 N–H and O–H groups in total. The molecule has 0 aliphatic carbocycles. The fraction of sp³-hybridized carbons (Fsp3) is 0.400. The first-order valence-electron chi connectivity index (χ1n) is 6.36. The van der Waals surface area contributed by atoms with Gasteiger partial charge in [-0.15, -0.1) is 0 Å². The summed E-state index contributed by atoms with van der Waals surface area (Å²) in [5.41, 5.74) is 4.16. The summed E-state index contributed by atoms with van der Waals surface area (Å²) in [6, 6.07) is 8.15. The minimum absolute atomic E-state index is 0.0294. The molecular weight excluding hydrogens is 224 g/mol. The van der Waals surface area contributed by atoms with E-state index in [0.29, 0.717) is 5.92 Å². The van der Waals surface area contributed by atoms with Crippen LogP contribution >= 0.6 is 0 Å². The third-order valence-corrected chi connectivity index (χ3v) is 3.16. The van der Waals surface area contributed by atoms with Gasteiger partial charge in [-0.1, -0.05) is 31.5 Å². The Morgan fingerprint density at radius 3 is 2.33 bits per heavy atom. The Morgan fingerprint density at radius 1 is 1.17 bits per heavy atom. The van der Waals surface area contributed by atoms with Gasteiger partial charge in [-0.25, -0.2) is 0 Å². The molecule has 0 saturated heterocycles. The zero-order valence-electron chi connectivity index (χ0n) is 11.4. The first-order valence-corrected chi connectivity index (χ1v) is 6.36. The molecule has 0 unspecified atom stereocenters. The summed E-state index contributed by atoms with van der Waals surface area (Å²) in [5, 5.41) is 2.92. The molecule has 1 heterocycles. The van der Waals surface area contributed by atoms with Gasteiger partial charge in [0.15, 0.2) is 0 Å². The minimum atomic E-state index is 0.0294. The normalized spacial score (nSPS) is 11.2. The highest BCUT2D eigenvalue weighted by Gasteiger charge is 2.13. The Hall–Kier alpha value is -1.77. The summed E-state index contributed by atoms with van der Waals surface area (Å²) in [4.78, 5) is 12.0. The lowest BCUT2D eigenvalue weighted by Gasteiger charge is -2.07. The topological polar surface area (TPSA) is 37.8 Å². The maximum Gasteiger partial charge on any atom is 0.267 e. The number of nitrogens with one attached hydrogen (secondary N) is 1. The van der Waals surface area contributed by atoms with Gasteiger partial charge in [0.2, 0.25) is 0 Å².